The number of aromatic amines is 1. The van der Waals surface area contributed by atoms with Crippen molar-refractivity contribution >= 4 is 23.0 Å². The number of amides is 1. The van der Waals surface area contributed by atoms with Gasteiger partial charge in [0.05, 0.1) is 17.1 Å². The van der Waals surface area contributed by atoms with Crippen LogP contribution in [-0.4, -0.2) is 15.9 Å². The molecule has 0 saturated heterocycles. The van der Waals surface area contributed by atoms with Gasteiger partial charge in [-0.1, -0.05) is 42.5 Å². The maximum atomic E-state index is 12.7. The molecule has 3 aromatic rings. The minimum atomic E-state index is 0.0188. The molecule has 0 aliphatic heterocycles. The number of carbonyl (C=O) groups excluding carboxylic acids is 1. The second-order valence-electron chi connectivity index (χ2n) is 7.38. The fourth-order valence-electron chi connectivity index (χ4n) is 3.89. The van der Waals surface area contributed by atoms with Crippen LogP contribution >= 0.6 is 0 Å². The Kier molecular flexibility index (Phi) is 3.45. The van der Waals surface area contributed by atoms with Crippen molar-refractivity contribution < 1.29 is 4.79 Å². The molecule has 0 bridgehead atoms. The van der Waals surface area contributed by atoms with Crippen molar-refractivity contribution in [3.63, 3.8) is 0 Å². The first kappa shape index (κ1) is 15.4. The van der Waals surface area contributed by atoms with Crippen molar-refractivity contribution in [2.24, 2.45) is 5.92 Å². The highest BCUT2D eigenvalue weighted by atomic mass is 16.2. The van der Waals surface area contributed by atoms with Crippen LogP contribution in [-0.2, 0) is 11.2 Å². The Morgan fingerprint density at radius 2 is 2.15 bits per heavy atom. The smallest absolute Gasteiger partial charge is 0.224 e. The molecule has 4 heteroatoms. The van der Waals surface area contributed by atoms with Crippen LogP contribution in [0.25, 0.3) is 17.1 Å². The number of aromatic nitrogens is 2. The molecule has 130 valence electrons. The van der Waals surface area contributed by atoms with Crippen LogP contribution in [0.15, 0.2) is 48.5 Å². The van der Waals surface area contributed by atoms with Crippen molar-refractivity contribution in [3.05, 3.63) is 71.1 Å². The zero-order valence-corrected chi connectivity index (χ0v) is 14.7. The number of imidazole rings is 1. The van der Waals surface area contributed by atoms with Gasteiger partial charge in [0.25, 0.3) is 0 Å². The first-order chi connectivity index (χ1) is 12.7. The average molecular weight is 343 g/mol. The van der Waals surface area contributed by atoms with Crippen molar-refractivity contribution in [2.45, 2.75) is 31.7 Å². The molecule has 1 aromatic heterocycles. The number of nitrogens with zero attached hydrogens (tertiary/aromatic N) is 1. The topological polar surface area (TPSA) is 57.8 Å². The molecular formula is C22H21N3O. The third-order valence-electron chi connectivity index (χ3n) is 5.55. The summed E-state index contributed by atoms with van der Waals surface area (Å²) >= 11 is 0. The zero-order chi connectivity index (χ0) is 17.7. The normalized spacial score (nSPS) is 21.6. The summed E-state index contributed by atoms with van der Waals surface area (Å²) in [5.74, 6) is 1.29. The van der Waals surface area contributed by atoms with E-state index in [1.807, 2.05) is 24.3 Å². The fraction of sp³-hybridized carbons (Fsp3) is 0.273. The fourth-order valence-corrected chi connectivity index (χ4v) is 3.89. The van der Waals surface area contributed by atoms with Crippen molar-refractivity contribution in [1.29, 1.82) is 0 Å². The summed E-state index contributed by atoms with van der Waals surface area (Å²) in [5, 5.41) is 3.18. The van der Waals surface area contributed by atoms with Gasteiger partial charge in [0.2, 0.25) is 5.91 Å². The van der Waals surface area contributed by atoms with Crippen LogP contribution in [0.2, 0.25) is 0 Å². The summed E-state index contributed by atoms with van der Waals surface area (Å²) in [6, 6.07) is 14.5. The summed E-state index contributed by atoms with van der Waals surface area (Å²) in [6.45, 7) is 2.06. The number of hydrogen-bond acceptors (Lipinski definition) is 2. The lowest BCUT2D eigenvalue weighted by atomic mass is 10.0. The summed E-state index contributed by atoms with van der Waals surface area (Å²) in [4.78, 5) is 20.7. The molecule has 0 radical (unpaired) electrons. The maximum Gasteiger partial charge on any atom is 0.224 e. The van der Waals surface area contributed by atoms with Crippen LogP contribution in [0.4, 0.5) is 0 Å². The molecule has 3 atom stereocenters. The third-order valence-corrected chi connectivity index (χ3v) is 5.55. The standard InChI is InChI=1S/C22H21N3O/c1-13(15-10-9-14-5-4-6-16(14)11-15)23-22(26)18-12-17(18)21-24-19-7-2-3-8-20(19)25-21/h2-5,7-11,13,17-18H,6,12H2,1H3,(H,23,26)(H,24,25)/t13-,17+,18+/m1/s1. The third kappa shape index (κ3) is 2.62. The molecule has 1 fully saturated rings. The maximum absolute atomic E-state index is 12.7. The van der Waals surface area contributed by atoms with Crippen LogP contribution in [0.1, 0.15) is 47.8 Å². The highest BCUT2D eigenvalue weighted by Crippen LogP contribution is 2.47. The van der Waals surface area contributed by atoms with Gasteiger partial charge >= 0.3 is 0 Å². The van der Waals surface area contributed by atoms with Crippen LogP contribution in [0, 0.1) is 5.92 Å². The molecule has 2 N–H and O–H groups in total. The van der Waals surface area contributed by atoms with Crippen LogP contribution in [0.3, 0.4) is 0 Å². The van der Waals surface area contributed by atoms with E-state index in [0.717, 1.165) is 29.7 Å². The highest BCUT2D eigenvalue weighted by Gasteiger charge is 2.46. The molecule has 2 aromatic carbocycles. The number of para-hydroxylation sites is 2. The number of hydrogen-bond donors (Lipinski definition) is 2. The monoisotopic (exact) mass is 343 g/mol. The second-order valence-corrected chi connectivity index (χ2v) is 7.38. The van der Waals surface area contributed by atoms with E-state index >= 15 is 0 Å². The van der Waals surface area contributed by atoms with E-state index in [1.54, 1.807) is 0 Å². The molecule has 2 aliphatic carbocycles. The quantitative estimate of drug-likeness (QED) is 0.749. The van der Waals surface area contributed by atoms with E-state index in [1.165, 1.54) is 16.7 Å². The Bertz CT molecular complexity index is 1000. The number of fused-ring (bicyclic) bond motifs is 2. The highest BCUT2D eigenvalue weighted by molar-refractivity contribution is 5.83. The Hall–Kier alpha value is -2.88. The lowest BCUT2D eigenvalue weighted by molar-refractivity contribution is -0.123. The van der Waals surface area contributed by atoms with Gasteiger partial charge in [-0.3, -0.25) is 4.79 Å². The second kappa shape index (κ2) is 5.84. The summed E-state index contributed by atoms with van der Waals surface area (Å²) in [7, 11) is 0. The summed E-state index contributed by atoms with van der Waals surface area (Å²) in [6.07, 6.45) is 6.19. The Balaban J connectivity index is 1.26. The first-order valence-corrected chi connectivity index (χ1v) is 9.23. The average Bonchev–Trinajstić information content (AvgIpc) is 3.12. The van der Waals surface area contributed by atoms with Gasteiger partial charge in [0.15, 0.2) is 0 Å². The van der Waals surface area contributed by atoms with E-state index in [2.05, 4.69) is 52.6 Å². The number of nitrogens with one attached hydrogen (secondary N) is 2. The molecule has 26 heavy (non-hydrogen) atoms. The van der Waals surface area contributed by atoms with E-state index in [-0.39, 0.29) is 23.8 Å². The number of benzene rings is 2. The largest absolute Gasteiger partial charge is 0.349 e. The molecule has 1 amide bonds. The van der Waals surface area contributed by atoms with Gasteiger partial charge in [-0.25, -0.2) is 4.98 Å². The summed E-state index contributed by atoms with van der Waals surface area (Å²) < 4.78 is 0. The predicted molar refractivity (Wildman–Crippen MR) is 103 cm³/mol. The molecule has 4 nitrogen and oxygen atoms in total. The minimum Gasteiger partial charge on any atom is -0.349 e. The van der Waals surface area contributed by atoms with Gasteiger partial charge in [-0.05, 0) is 48.6 Å². The zero-order valence-electron chi connectivity index (χ0n) is 14.7. The number of carbonyl (C=O) groups is 1. The van der Waals surface area contributed by atoms with Crippen molar-refractivity contribution in [3.8, 4) is 0 Å². The Labute approximate surface area is 152 Å². The van der Waals surface area contributed by atoms with Crippen LogP contribution < -0.4 is 5.32 Å². The lowest BCUT2D eigenvalue weighted by Gasteiger charge is -2.15. The van der Waals surface area contributed by atoms with E-state index in [4.69, 9.17) is 0 Å². The Morgan fingerprint density at radius 3 is 3.04 bits per heavy atom. The van der Waals surface area contributed by atoms with Crippen LogP contribution in [0.5, 0.6) is 0 Å². The van der Waals surface area contributed by atoms with Gasteiger partial charge in [-0.2, -0.15) is 0 Å². The van der Waals surface area contributed by atoms with E-state index in [0.29, 0.717) is 0 Å². The van der Waals surface area contributed by atoms with Gasteiger partial charge in [-0.15, -0.1) is 0 Å². The molecular weight excluding hydrogens is 322 g/mol. The minimum absolute atomic E-state index is 0.0188. The SMILES string of the molecule is C[C@@H](NC(=O)[C@H]1C[C@@H]1c1nc2ccccc2[nH]1)c1ccc2c(c1)CC=C2. The molecule has 1 saturated carbocycles. The van der Waals surface area contributed by atoms with Gasteiger partial charge in [0.1, 0.15) is 5.82 Å². The first-order valence-electron chi connectivity index (χ1n) is 9.23. The number of allylic oxidation sites excluding steroid dienone is 1. The Morgan fingerprint density at radius 1 is 1.27 bits per heavy atom. The number of H-pyrrole nitrogens is 1. The molecule has 0 spiro atoms. The van der Waals surface area contributed by atoms with Gasteiger partial charge in [0, 0.05) is 11.8 Å². The lowest BCUT2D eigenvalue weighted by Crippen LogP contribution is -2.28. The van der Waals surface area contributed by atoms with E-state index < -0.39 is 0 Å². The predicted octanol–water partition coefficient (Wildman–Crippen LogP) is 4.11. The summed E-state index contributed by atoms with van der Waals surface area (Å²) in [5.41, 5.74) is 5.80. The molecule has 0 unspecified atom stereocenters. The van der Waals surface area contributed by atoms with E-state index in [9.17, 15) is 4.79 Å². The molecule has 2 aliphatic rings. The van der Waals surface area contributed by atoms with Crippen molar-refractivity contribution in [1.82, 2.24) is 15.3 Å². The van der Waals surface area contributed by atoms with Crippen molar-refractivity contribution in [2.75, 3.05) is 0 Å². The molecule has 5 rings (SSSR count). The van der Waals surface area contributed by atoms with Gasteiger partial charge < -0.3 is 10.3 Å². The molecule has 1 heterocycles. The number of rotatable bonds is 4.